The molecule has 4 heterocycles. The van der Waals surface area contributed by atoms with Crippen molar-refractivity contribution < 1.29 is 31.8 Å². The van der Waals surface area contributed by atoms with Crippen molar-refractivity contribution in [1.82, 2.24) is 20.2 Å². The van der Waals surface area contributed by atoms with Crippen LogP contribution in [-0.4, -0.2) is 79.0 Å². The van der Waals surface area contributed by atoms with Crippen LogP contribution in [0.1, 0.15) is 52.0 Å². The lowest BCUT2D eigenvalue weighted by atomic mass is 9.96. The summed E-state index contributed by atoms with van der Waals surface area (Å²) in [5.41, 5.74) is 1.53. The van der Waals surface area contributed by atoms with E-state index in [0.717, 1.165) is 11.6 Å². The Balaban J connectivity index is 1.31. The van der Waals surface area contributed by atoms with Crippen molar-refractivity contribution in [2.75, 3.05) is 44.9 Å². The molecule has 1 aromatic carbocycles. The van der Waals surface area contributed by atoms with Crippen molar-refractivity contribution in [1.29, 1.82) is 0 Å². The lowest BCUT2D eigenvalue weighted by Crippen LogP contribution is -2.52. The SMILES string of the molecule is COc1nc(C(=O)N2CCC(NC3CCOCC3F)CC2)c(C)c(N2CCc3ccc(C(F)(F)F)cc3C2)n1. The van der Waals surface area contributed by atoms with Gasteiger partial charge in [-0.1, -0.05) is 6.07 Å². The maximum Gasteiger partial charge on any atom is 0.416 e. The van der Waals surface area contributed by atoms with E-state index in [-0.39, 0.29) is 42.8 Å². The first kappa shape index (κ1) is 27.6. The van der Waals surface area contributed by atoms with Gasteiger partial charge >= 0.3 is 12.2 Å². The summed E-state index contributed by atoms with van der Waals surface area (Å²) < 4.78 is 64.5. The largest absolute Gasteiger partial charge is 0.467 e. The smallest absolute Gasteiger partial charge is 0.416 e. The Labute approximate surface area is 224 Å². The molecule has 1 N–H and O–H groups in total. The second kappa shape index (κ2) is 11.2. The number of halogens is 4. The molecule has 0 saturated carbocycles. The lowest BCUT2D eigenvalue weighted by Gasteiger charge is -2.36. The van der Waals surface area contributed by atoms with Crippen molar-refractivity contribution >= 4 is 11.7 Å². The molecule has 0 bridgehead atoms. The number of benzene rings is 1. The molecule has 0 spiro atoms. The highest BCUT2D eigenvalue weighted by Crippen LogP contribution is 2.34. The fourth-order valence-electron chi connectivity index (χ4n) is 5.60. The Morgan fingerprint density at radius 2 is 1.90 bits per heavy atom. The maximum absolute atomic E-state index is 14.2. The van der Waals surface area contributed by atoms with Crippen LogP contribution in [0.4, 0.5) is 23.4 Å². The number of ether oxygens (including phenoxy) is 2. The summed E-state index contributed by atoms with van der Waals surface area (Å²) in [4.78, 5) is 26.0. The molecule has 2 saturated heterocycles. The molecule has 5 rings (SSSR count). The Bertz CT molecular complexity index is 1200. The van der Waals surface area contributed by atoms with Gasteiger partial charge < -0.3 is 24.6 Å². The number of nitrogens with zero attached hydrogens (tertiary/aromatic N) is 4. The number of rotatable bonds is 5. The zero-order chi connectivity index (χ0) is 27.7. The van der Waals surface area contributed by atoms with Crippen molar-refractivity contribution in [2.24, 2.45) is 0 Å². The number of hydrogen-bond acceptors (Lipinski definition) is 7. The number of anilines is 1. The van der Waals surface area contributed by atoms with Gasteiger partial charge in [0.05, 0.1) is 19.3 Å². The van der Waals surface area contributed by atoms with Crippen LogP contribution >= 0.6 is 0 Å². The number of piperidine rings is 1. The third kappa shape index (κ3) is 5.96. The first-order valence-corrected chi connectivity index (χ1v) is 13.3. The minimum absolute atomic E-state index is 0.0267. The van der Waals surface area contributed by atoms with Crippen LogP contribution in [-0.2, 0) is 23.9 Å². The van der Waals surface area contributed by atoms with E-state index in [9.17, 15) is 22.4 Å². The van der Waals surface area contributed by atoms with Gasteiger partial charge in [0.1, 0.15) is 17.7 Å². The second-order valence-corrected chi connectivity index (χ2v) is 10.4. The van der Waals surface area contributed by atoms with Crippen molar-refractivity contribution in [3.8, 4) is 6.01 Å². The average Bonchev–Trinajstić information content (AvgIpc) is 2.93. The van der Waals surface area contributed by atoms with Gasteiger partial charge in [0.15, 0.2) is 0 Å². The zero-order valence-corrected chi connectivity index (χ0v) is 22.1. The molecule has 8 nitrogen and oxygen atoms in total. The zero-order valence-electron chi connectivity index (χ0n) is 22.1. The van der Waals surface area contributed by atoms with Crippen LogP contribution in [0.2, 0.25) is 0 Å². The highest BCUT2D eigenvalue weighted by atomic mass is 19.4. The minimum Gasteiger partial charge on any atom is -0.467 e. The standard InChI is InChI=1S/C27H33F4N5O3/c1-16-23(25(37)35-10-6-20(7-11-35)32-22-8-12-39-15-21(22)28)33-26(38-2)34-24(16)36-9-5-17-3-4-19(27(29,30)31)13-18(17)14-36/h3-4,13,20-22,32H,5-12,14-15H2,1-2H3. The normalized spacial score (nSPS) is 22.5. The summed E-state index contributed by atoms with van der Waals surface area (Å²) in [7, 11) is 1.41. The van der Waals surface area contributed by atoms with Crippen LogP contribution in [0, 0.1) is 6.92 Å². The van der Waals surface area contributed by atoms with E-state index in [4.69, 9.17) is 9.47 Å². The molecule has 12 heteroatoms. The van der Waals surface area contributed by atoms with Gasteiger partial charge in [0.25, 0.3) is 5.91 Å². The summed E-state index contributed by atoms with van der Waals surface area (Å²) in [5.74, 6) is 0.220. The Morgan fingerprint density at radius 1 is 1.13 bits per heavy atom. The van der Waals surface area contributed by atoms with Gasteiger partial charge in [-0.2, -0.15) is 23.1 Å². The minimum atomic E-state index is -4.42. The molecular weight excluding hydrogens is 518 g/mol. The summed E-state index contributed by atoms with van der Waals surface area (Å²) in [6.07, 6.45) is -2.90. The van der Waals surface area contributed by atoms with Gasteiger partial charge in [0, 0.05) is 50.4 Å². The fourth-order valence-corrected chi connectivity index (χ4v) is 5.60. The van der Waals surface area contributed by atoms with Crippen LogP contribution < -0.4 is 15.0 Å². The predicted octanol–water partition coefficient (Wildman–Crippen LogP) is 3.70. The van der Waals surface area contributed by atoms with E-state index in [1.165, 1.54) is 19.2 Å². The molecule has 2 atom stereocenters. The number of carbonyl (C=O) groups excluding carboxylic acids is 1. The number of methoxy groups -OCH3 is 1. The fraction of sp³-hybridized carbons (Fsp3) is 0.593. The number of likely N-dealkylation sites (tertiary alicyclic amines) is 1. The molecule has 39 heavy (non-hydrogen) atoms. The number of fused-ring (bicyclic) bond motifs is 1. The highest BCUT2D eigenvalue weighted by molar-refractivity contribution is 5.95. The molecule has 2 unspecified atom stereocenters. The van der Waals surface area contributed by atoms with Crippen molar-refractivity contribution in [3.05, 3.63) is 46.1 Å². The van der Waals surface area contributed by atoms with Crippen LogP contribution in [0.3, 0.4) is 0 Å². The Hall–Kier alpha value is -2.99. The number of hydrogen-bond donors (Lipinski definition) is 1. The van der Waals surface area contributed by atoms with Crippen LogP contribution in [0.15, 0.2) is 18.2 Å². The quantitative estimate of drug-likeness (QED) is 0.568. The molecule has 1 amide bonds. The van der Waals surface area contributed by atoms with Gasteiger partial charge in [-0.15, -0.1) is 0 Å². The molecule has 1 aromatic heterocycles. The average molecular weight is 552 g/mol. The highest BCUT2D eigenvalue weighted by Gasteiger charge is 2.34. The van der Waals surface area contributed by atoms with Crippen LogP contribution in [0.5, 0.6) is 6.01 Å². The molecule has 0 aliphatic carbocycles. The molecule has 3 aliphatic heterocycles. The van der Waals surface area contributed by atoms with Crippen molar-refractivity contribution in [3.63, 3.8) is 0 Å². The first-order valence-electron chi connectivity index (χ1n) is 13.3. The van der Waals surface area contributed by atoms with Crippen LogP contribution in [0.25, 0.3) is 0 Å². The van der Waals surface area contributed by atoms with Gasteiger partial charge in [-0.25, -0.2) is 4.39 Å². The first-order chi connectivity index (χ1) is 18.6. The van der Waals surface area contributed by atoms with E-state index in [0.29, 0.717) is 68.9 Å². The second-order valence-electron chi connectivity index (χ2n) is 10.4. The molecule has 2 aromatic rings. The number of nitrogens with one attached hydrogen (secondary N) is 1. The lowest BCUT2D eigenvalue weighted by molar-refractivity contribution is -0.137. The number of alkyl halides is 4. The predicted molar refractivity (Wildman–Crippen MR) is 136 cm³/mol. The Kier molecular flexibility index (Phi) is 7.95. The third-order valence-corrected chi connectivity index (χ3v) is 7.85. The van der Waals surface area contributed by atoms with Gasteiger partial charge in [-0.05, 0) is 55.9 Å². The Morgan fingerprint density at radius 3 is 2.59 bits per heavy atom. The molecule has 0 radical (unpaired) electrons. The summed E-state index contributed by atoms with van der Waals surface area (Å²) >= 11 is 0. The summed E-state index contributed by atoms with van der Waals surface area (Å²) in [5, 5.41) is 3.39. The van der Waals surface area contributed by atoms with Gasteiger partial charge in [-0.3, -0.25) is 4.79 Å². The summed E-state index contributed by atoms with van der Waals surface area (Å²) in [6.45, 7) is 4.16. The molecular formula is C27H33F4N5O3. The van der Waals surface area contributed by atoms with Crippen molar-refractivity contribution in [2.45, 2.75) is 63.6 Å². The van der Waals surface area contributed by atoms with E-state index in [1.54, 1.807) is 11.8 Å². The number of aromatic nitrogens is 2. The monoisotopic (exact) mass is 551 g/mol. The van der Waals surface area contributed by atoms with E-state index in [2.05, 4.69) is 15.3 Å². The molecule has 3 aliphatic rings. The number of carbonyl (C=O) groups is 1. The van der Waals surface area contributed by atoms with E-state index in [1.807, 2.05) is 4.90 Å². The molecule has 2 fully saturated rings. The summed E-state index contributed by atoms with van der Waals surface area (Å²) in [6, 6.07) is 3.74. The van der Waals surface area contributed by atoms with Gasteiger partial charge in [0.2, 0.25) is 0 Å². The van der Waals surface area contributed by atoms with E-state index < -0.39 is 17.9 Å². The van der Waals surface area contributed by atoms with E-state index >= 15 is 0 Å². The maximum atomic E-state index is 14.2. The third-order valence-electron chi connectivity index (χ3n) is 7.85. The molecule has 212 valence electrons. The topological polar surface area (TPSA) is 79.8 Å². The number of amides is 1.